The molecule has 3 aromatic carbocycles. The number of amides is 1. The molecular formula is C26H18ClN3O5. The van der Waals surface area contributed by atoms with E-state index in [9.17, 15) is 24.8 Å². The van der Waals surface area contributed by atoms with Crippen molar-refractivity contribution >= 4 is 51.3 Å². The number of halogens is 1. The lowest BCUT2D eigenvalue weighted by Gasteiger charge is -2.25. The highest BCUT2D eigenvalue weighted by atomic mass is 35.5. The summed E-state index contributed by atoms with van der Waals surface area (Å²) in [6, 6.07) is 18.4. The second kappa shape index (κ2) is 8.41. The Morgan fingerprint density at radius 1 is 1.03 bits per heavy atom. The highest BCUT2D eigenvalue weighted by Crippen LogP contribution is 2.45. The first-order valence-electron chi connectivity index (χ1n) is 10.6. The minimum atomic E-state index is -0.987. The van der Waals surface area contributed by atoms with Gasteiger partial charge in [0, 0.05) is 58.1 Å². The SMILES string of the molecule is Cn1cc(C2/C(=C(\O)c3cccc([N+](=O)[O-])c3)C(=O)C(=O)N2c2cccc(Cl)c2)c2ccccc21. The average Bonchev–Trinajstić information content (AvgIpc) is 3.32. The Labute approximate surface area is 204 Å². The van der Waals surface area contributed by atoms with Crippen LogP contribution in [0.3, 0.4) is 0 Å². The molecule has 1 aliphatic rings. The van der Waals surface area contributed by atoms with Gasteiger partial charge >= 0.3 is 0 Å². The molecular weight excluding hydrogens is 470 g/mol. The number of hydrogen-bond acceptors (Lipinski definition) is 5. The van der Waals surface area contributed by atoms with Gasteiger partial charge in [0.25, 0.3) is 17.4 Å². The van der Waals surface area contributed by atoms with Crippen molar-refractivity contribution in [3.05, 3.63) is 111 Å². The maximum absolute atomic E-state index is 13.4. The molecule has 5 rings (SSSR count). The number of hydrogen-bond donors (Lipinski definition) is 1. The van der Waals surface area contributed by atoms with Crippen molar-refractivity contribution in [2.75, 3.05) is 4.90 Å². The van der Waals surface area contributed by atoms with Gasteiger partial charge < -0.3 is 9.67 Å². The van der Waals surface area contributed by atoms with Gasteiger partial charge in [-0.2, -0.15) is 0 Å². The molecule has 1 unspecified atom stereocenters. The third-order valence-electron chi connectivity index (χ3n) is 6.08. The van der Waals surface area contributed by atoms with Gasteiger partial charge in [0.2, 0.25) is 0 Å². The molecule has 9 heteroatoms. The summed E-state index contributed by atoms with van der Waals surface area (Å²) >= 11 is 6.19. The second-order valence-electron chi connectivity index (χ2n) is 8.17. The third-order valence-corrected chi connectivity index (χ3v) is 6.32. The number of benzene rings is 3. The molecule has 174 valence electrons. The number of carbonyl (C=O) groups is 2. The molecule has 4 aromatic rings. The number of nitrogens with zero attached hydrogens (tertiary/aromatic N) is 3. The smallest absolute Gasteiger partial charge is 0.300 e. The number of aryl methyl sites for hydroxylation is 1. The van der Waals surface area contributed by atoms with Gasteiger partial charge in [-0.3, -0.25) is 24.6 Å². The summed E-state index contributed by atoms with van der Waals surface area (Å²) in [5, 5.41) is 23.7. The van der Waals surface area contributed by atoms with E-state index in [1.807, 2.05) is 35.9 Å². The van der Waals surface area contributed by atoms with Crippen LogP contribution in [0.5, 0.6) is 0 Å². The normalized spacial score (nSPS) is 17.3. The molecule has 1 atom stereocenters. The van der Waals surface area contributed by atoms with Crippen LogP contribution in [0, 0.1) is 10.1 Å². The van der Waals surface area contributed by atoms with E-state index in [1.165, 1.54) is 29.2 Å². The van der Waals surface area contributed by atoms with Crippen LogP contribution < -0.4 is 4.90 Å². The van der Waals surface area contributed by atoms with Gasteiger partial charge in [-0.1, -0.05) is 48.0 Å². The molecule has 0 spiro atoms. The summed E-state index contributed by atoms with van der Waals surface area (Å²) in [5.41, 5.74) is 1.53. The molecule has 1 fully saturated rings. The first-order valence-corrected chi connectivity index (χ1v) is 11.0. The Balaban J connectivity index is 1.81. The number of ketones is 1. The average molecular weight is 488 g/mol. The molecule has 1 aromatic heterocycles. The number of para-hydroxylation sites is 1. The lowest BCUT2D eigenvalue weighted by Crippen LogP contribution is -2.29. The number of aromatic nitrogens is 1. The summed E-state index contributed by atoms with van der Waals surface area (Å²) in [4.78, 5) is 38.7. The Hall–Kier alpha value is -4.43. The summed E-state index contributed by atoms with van der Waals surface area (Å²) in [7, 11) is 1.85. The van der Waals surface area contributed by atoms with Crippen LogP contribution in [0.2, 0.25) is 5.02 Å². The third kappa shape index (κ3) is 3.64. The van der Waals surface area contributed by atoms with E-state index in [4.69, 9.17) is 11.6 Å². The summed E-state index contributed by atoms with van der Waals surface area (Å²) < 4.78 is 1.87. The number of aliphatic hydroxyl groups is 1. The molecule has 0 radical (unpaired) electrons. The molecule has 1 saturated heterocycles. The van der Waals surface area contributed by atoms with Crippen LogP contribution in [-0.2, 0) is 16.6 Å². The highest BCUT2D eigenvalue weighted by Gasteiger charge is 2.48. The van der Waals surface area contributed by atoms with Gasteiger partial charge in [0.05, 0.1) is 16.5 Å². The summed E-state index contributed by atoms with van der Waals surface area (Å²) in [5.74, 6) is -2.22. The zero-order chi connectivity index (χ0) is 24.9. The van der Waals surface area contributed by atoms with Crippen LogP contribution in [0.1, 0.15) is 17.2 Å². The Morgan fingerprint density at radius 2 is 1.77 bits per heavy atom. The molecule has 1 aliphatic heterocycles. The summed E-state index contributed by atoms with van der Waals surface area (Å²) in [6.45, 7) is 0. The lowest BCUT2D eigenvalue weighted by molar-refractivity contribution is -0.384. The van der Waals surface area contributed by atoms with E-state index in [0.717, 1.165) is 10.9 Å². The van der Waals surface area contributed by atoms with E-state index < -0.39 is 28.4 Å². The number of non-ortho nitro benzene ring substituents is 1. The number of rotatable bonds is 4. The molecule has 8 nitrogen and oxygen atoms in total. The zero-order valence-electron chi connectivity index (χ0n) is 18.4. The van der Waals surface area contributed by atoms with Crippen molar-refractivity contribution in [1.82, 2.24) is 4.57 Å². The molecule has 0 bridgehead atoms. The van der Waals surface area contributed by atoms with Gasteiger partial charge in [0.1, 0.15) is 5.76 Å². The standard InChI is InChI=1S/C26H18ClN3O5/c1-28-14-20(19-10-2-3-11-21(19)28)23-22(24(31)15-6-4-9-18(12-15)30(34)35)25(32)26(33)29(23)17-8-5-7-16(27)13-17/h2-14,23,31H,1H3/b24-22+. The predicted octanol–water partition coefficient (Wildman–Crippen LogP) is 5.37. The van der Waals surface area contributed by atoms with Crippen molar-refractivity contribution in [2.24, 2.45) is 7.05 Å². The topological polar surface area (TPSA) is 106 Å². The minimum absolute atomic E-state index is 0.0635. The maximum Gasteiger partial charge on any atom is 0.300 e. The van der Waals surface area contributed by atoms with Crippen LogP contribution in [0.25, 0.3) is 16.7 Å². The minimum Gasteiger partial charge on any atom is -0.507 e. The van der Waals surface area contributed by atoms with Crippen LogP contribution in [-0.4, -0.2) is 26.3 Å². The fraction of sp³-hybridized carbons (Fsp3) is 0.0769. The van der Waals surface area contributed by atoms with Gasteiger partial charge in [0.15, 0.2) is 0 Å². The predicted molar refractivity (Wildman–Crippen MR) is 132 cm³/mol. The molecule has 2 heterocycles. The van der Waals surface area contributed by atoms with Crippen molar-refractivity contribution in [2.45, 2.75) is 6.04 Å². The number of aliphatic hydroxyl groups excluding tert-OH is 1. The number of Topliss-reactive ketones (excluding diaryl/α,β-unsaturated/α-hetero) is 1. The molecule has 0 saturated carbocycles. The van der Waals surface area contributed by atoms with E-state index >= 15 is 0 Å². The van der Waals surface area contributed by atoms with Crippen molar-refractivity contribution < 1.29 is 19.6 Å². The van der Waals surface area contributed by atoms with Crippen LogP contribution in [0.4, 0.5) is 11.4 Å². The van der Waals surface area contributed by atoms with Gasteiger partial charge in [-0.15, -0.1) is 0 Å². The van der Waals surface area contributed by atoms with Crippen molar-refractivity contribution in [3.8, 4) is 0 Å². The number of anilines is 1. The van der Waals surface area contributed by atoms with Gasteiger partial charge in [-0.05, 0) is 24.3 Å². The van der Waals surface area contributed by atoms with E-state index in [1.54, 1.807) is 30.5 Å². The van der Waals surface area contributed by atoms with Gasteiger partial charge in [-0.25, -0.2) is 0 Å². The van der Waals surface area contributed by atoms with E-state index in [2.05, 4.69) is 0 Å². The Bertz CT molecular complexity index is 1570. The maximum atomic E-state index is 13.4. The van der Waals surface area contributed by atoms with E-state index in [-0.39, 0.29) is 16.8 Å². The number of fused-ring (bicyclic) bond motifs is 1. The quantitative estimate of drug-likeness (QED) is 0.137. The number of carbonyl (C=O) groups excluding carboxylic acids is 2. The van der Waals surface area contributed by atoms with Crippen molar-refractivity contribution in [1.29, 1.82) is 0 Å². The Morgan fingerprint density at radius 3 is 2.51 bits per heavy atom. The highest BCUT2D eigenvalue weighted by molar-refractivity contribution is 6.52. The fourth-order valence-corrected chi connectivity index (χ4v) is 4.72. The monoisotopic (exact) mass is 487 g/mol. The second-order valence-corrected chi connectivity index (χ2v) is 8.61. The molecule has 35 heavy (non-hydrogen) atoms. The summed E-state index contributed by atoms with van der Waals surface area (Å²) in [6.07, 6.45) is 1.81. The largest absolute Gasteiger partial charge is 0.507 e. The lowest BCUT2D eigenvalue weighted by atomic mass is 9.94. The van der Waals surface area contributed by atoms with Crippen LogP contribution in [0.15, 0.2) is 84.6 Å². The van der Waals surface area contributed by atoms with Crippen LogP contribution >= 0.6 is 11.6 Å². The molecule has 1 N–H and O–H groups in total. The zero-order valence-corrected chi connectivity index (χ0v) is 19.1. The first kappa shape index (κ1) is 22.4. The van der Waals surface area contributed by atoms with Crippen molar-refractivity contribution in [3.63, 3.8) is 0 Å². The number of nitro groups is 1. The van der Waals surface area contributed by atoms with E-state index in [0.29, 0.717) is 16.3 Å². The first-order chi connectivity index (χ1) is 16.8. The molecule has 0 aliphatic carbocycles. The fourth-order valence-electron chi connectivity index (χ4n) is 4.53. The molecule has 1 amide bonds. The number of nitro benzene ring substituents is 1. The Kier molecular flexibility index (Phi) is 5.37.